The van der Waals surface area contributed by atoms with E-state index in [1.54, 1.807) is 0 Å². The zero-order chi connectivity index (χ0) is 48.1. The highest BCUT2D eigenvalue weighted by molar-refractivity contribution is 6.07. The molecule has 0 radical (unpaired) electrons. The number of pyridine rings is 1. The van der Waals surface area contributed by atoms with Crippen molar-refractivity contribution in [3.8, 4) is 39.4 Å². The maximum atomic E-state index is 7.00. The van der Waals surface area contributed by atoms with Gasteiger partial charge >= 0.3 is 0 Å². The SMILES string of the molecule is CC(C)(c1ccccc1)c1cc(N2CN(c3cc(Oc4cccc(-n5c6ccccc6c6cccnc65)c4)cc(-c4ccccc4)c3)c3ccc(-c4ccccc4)cc32)cc(C(C)(C)c2ccccc2)c1. The van der Waals surface area contributed by atoms with E-state index in [1.807, 2.05) is 18.3 Å². The van der Waals surface area contributed by atoms with Crippen LogP contribution in [0.5, 0.6) is 11.5 Å². The molecule has 0 saturated heterocycles. The van der Waals surface area contributed by atoms with E-state index in [0.717, 1.165) is 67.6 Å². The molecule has 1 aliphatic rings. The lowest BCUT2D eigenvalue weighted by Crippen LogP contribution is -2.27. The number of anilines is 4. The molecule has 5 nitrogen and oxygen atoms in total. The first kappa shape index (κ1) is 43.6. The Kier molecular flexibility index (Phi) is 10.9. The van der Waals surface area contributed by atoms with Gasteiger partial charge in [0.2, 0.25) is 0 Å². The van der Waals surface area contributed by atoms with Crippen LogP contribution in [-0.4, -0.2) is 16.2 Å². The molecule has 71 heavy (non-hydrogen) atoms. The first-order valence-corrected chi connectivity index (χ1v) is 24.5. The minimum Gasteiger partial charge on any atom is -0.457 e. The summed E-state index contributed by atoms with van der Waals surface area (Å²) in [6, 6.07) is 85.0. The van der Waals surface area contributed by atoms with Crippen LogP contribution in [0.2, 0.25) is 0 Å². The fraction of sp³-hybridized carbons (Fsp3) is 0.106. The van der Waals surface area contributed by atoms with Crippen molar-refractivity contribution in [1.29, 1.82) is 0 Å². The summed E-state index contributed by atoms with van der Waals surface area (Å²) in [6.45, 7) is 9.99. The summed E-state index contributed by atoms with van der Waals surface area (Å²) in [6.07, 6.45) is 1.86. The first-order chi connectivity index (χ1) is 34.7. The highest BCUT2D eigenvalue weighted by Crippen LogP contribution is 2.50. The van der Waals surface area contributed by atoms with E-state index < -0.39 is 0 Å². The third-order valence-corrected chi connectivity index (χ3v) is 14.7. The third kappa shape index (κ3) is 7.99. The van der Waals surface area contributed by atoms with Gasteiger partial charge in [0.25, 0.3) is 0 Å². The molecule has 0 unspecified atom stereocenters. The van der Waals surface area contributed by atoms with Gasteiger partial charge in [0.1, 0.15) is 23.8 Å². The van der Waals surface area contributed by atoms with Gasteiger partial charge in [-0.05, 0) is 111 Å². The molecule has 2 aromatic heterocycles. The van der Waals surface area contributed by atoms with Crippen molar-refractivity contribution in [2.24, 2.45) is 0 Å². The number of rotatable bonds is 11. The second-order valence-corrected chi connectivity index (χ2v) is 19.7. The number of ether oxygens (including phenoxy) is 1. The largest absolute Gasteiger partial charge is 0.457 e. The summed E-state index contributed by atoms with van der Waals surface area (Å²) in [5.41, 5.74) is 16.5. The van der Waals surface area contributed by atoms with E-state index >= 15 is 0 Å². The zero-order valence-corrected chi connectivity index (χ0v) is 40.5. The predicted octanol–water partition coefficient (Wildman–Crippen LogP) is 17.2. The number of para-hydroxylation sites is 1. The quantitative estimate of drug-likeness (QED) is 0.129. The van der Waals surface area contributed by atoms with Crippen LogP contribution in [0.25, 0.3) is 49.9 Å². The van der Waals surface area contributed by atoms with E-state index in [2.05, 4.69) is 267 Å². The molecule has 0 spiro atoms. The van der Waals surface area contributed by atoms with Gasteiger partial charge in [0.05, 0.1) is 22.6 Å². The van der Waals surface area contributed by atoms with Gasteiger partial charge in [0, 0.05) is 51.3 Å². The molecule has 3 heterocycles. The molecule has 9 aromatic carbocycles. The average Bonchev–Trinajstić information content (AvgIpc) is 3.98. The number of hydrogen-bond acceptors (Lipinski definition) is 4. The van der Waals surface area contributed by atoms with Crippen LogP contribution in [0.15, 0.2) is 243 Å². The number of aromatic nitrogens is 2. The molecule has 0 saturated carbocycles. The normalized spacial score (nSPS) is 12.7. The van der Waals surface area contributed by atoms with Gasteiger partial charge in [-0.1, -0.05) is 185 Å². The van der Waals surface area contributed by atoms with E-state index in [9.17, 15) is 0 Å². The van der Waals surface area contributed by atoms with Crippen molar-refractivity contribution in [3.05, 3.63) is 265 Å². The highest BCUT2D eigenvalue weighted by atomic mass is 16.5. The Hall–Kier alpha value is -8.67. The van der Waals surface area contributed by atoms with Crippen molar-refractivity contribution >= 4 is 44.7 Å². The molecular formula is C66H54N4O. The topological polar surface area (TPSA) is 33.5 Å². The molecule has 12 rings (SSSR count). The number of hydrogen-bond donors (Lipinski definition) is 0. The summed E-state index contributed by atoms with van der Waals surface area (Å²) in [5, 5.41) is 2.29. The standard InChI is InChI=1S/C66H54N4O/c1-65(2,50-25-13-7-14-26-50)52-40-53(66(3,4)51-27-15-8-16-28-51)42-56(41-52)69-45-68(62-35-34-48(39-63(62)69)46-21-9-5-10-22-46)55-37-49(47-23-11-6-12-24-47)38-58(44-55)71-57-30-19-29-54(43-57)70-61-33-18-17-31-59(61)60-32-20-36-67-64(60)70/h5-44H,45H2,1-4H3. The van der Waals surface area contributed by atoms with E-state index in [4.69, 9.17) is 9.72 Å². The highest BCUT2D eigenvalue weighted by Gasteiger charge is 2.34. The molecular weight excluding hydrogens is 865 g/mol. The van der Waals surface area contributed by atoms with Crippen molar-refractivity contribution in [3.63, 3.8) is 0 Å². The Morgan fingerprint density at radius 2 is 0.944 bits per heavy atom. The number of nitrogens with zero attached hydrogens (tertiary/aromatic N) is 4. The molecule has 0 aliphatic carbocycles. The van der Waals surface area contributed by atoms with Crippen molar-refractivity contribution in [1.82, 2.24) is 9.55 Å². The lowest BCUT2D eigenvalue weighted by atomic mass is 9.73. The van der Waals surface area contributed by atoms with Crippen LogP contribution in [0.1, 0.15) is 49.9 Å². The minimum absolute atomic E-state index is 0.279. The summed E-state index contributed by atoms with van der Waals surface area (Å²) < 4.78 is 9.22. The van der Waals surface area contributed by atoms with E-state index in [1.165, 1.54) is 38.8 Å². The predicted molar refractivity (Wildman–Crippen MR) is 295 cm³/mol. The molecule has 0 atom stereocenters. The zero-order valence-electron chi connectivity index (χ0n) is 40.5. The molecule has 344 valence electrons. The molecule has 0 amide bonds. The molecule has 11 aromatic rings. The van der Waals surface area contributed by atoms with Crippen LogP contribution in [0.4, 0.5) is 22.7 Å². The Morgan fingerprint density at radius 3 is 1.62 bits per heavy atom. The van der Waals surface area contributed by atoms with Crippen LogP contribution in [0, 0.1) is 0 Å². The van der Waals surface area contributed by atoms with E-state index in [0.29, 0.717) is 6.67 Å². The van der Waals surface area contributed by atoms with Crippen molar-refractivity contribution < 1.29 is 4.74 Å². The minimum atomic E-state index is -0.279. The molecule has 0 N–H and O–H groups in total. The monoisotopic (exact) mass is 918 g/mol. The number of benzene rings is 9. The summed E-state index contributed by atoms with van der Waals surface area (Å²) in [4.78, 5) is 9.81. The Bertz CT molecular complexity index is 3590. The summed E-state index contributed by atoms with van der Waals surface area (Å²) in [7, 11) is 0. The van der Waals surface area contributed by atoms with Crippen molar-refractivity contribution in [2.45, 2.75) is 38.5 Å². The van der Waals surface area contributed by atoms with Gasteiger partial charge < -0.3 is 14.5 Å². The van der Waals surface area contributed by atoms with Gasteiger partial charge in [-0.3, -0.25) is 4.57 Å². The third-order valence-electron chi connectivity index (χ3n) is 14.7. The summed E-state index contributed by atoms with van der Waals surface area (Å²) >= 11 is 0. The summed E-state index contributed by atoms with van der Waals surface area (Å²) in [5.74, 6) is 1.49. The molecule has 0 fully saturated rings. The van der Waals surface area contributed by atoms with Crippen molar-refractivity contribution in [2.75, 3.05) is 16.5 Å². The molecule has 5 heteroatoms. The van der Waals surface area contributed by atoms with Gasteiger partial charge in [-0.15, -0.1) is 0 Å². The average molecular weight is 919 g/mol. The second-order valence-electron chi connectivity index (χ2n) is 19.7. The first-order valence-electron chi connectivity index (χ1n) is 24.5. The van der Waals surface area contributed by atoms with Gasteiger partial charge in [-0.25, -0.2) is 4.98 Å². The van der Waals surface area contributed by atoms with Crippen LogP contribution in [-0.2, 0) is 10.8 Å². The van der Waals surface area contributed by atoms with Gasteiger partial charge in [-0.2, -0.15) is 0 Å². The fourth-order valence-corrected chi connectivity index (χ4v) is 10.5. The Labute approximate surface area is 416 Å². The van der Waals surface area contributed by atoms with Crippen LogP contribution >= 0.6 is 0 Å². The Morgan fingerprint density at radius 1 is 0.380 bits per heavy atom. The second kappa shape index (κ2) is 17.7. The number of fused-ring (bicyclic) bond motifs is 4. The van der Waals surface area contributed by atoms with E-state index in [-0.39, 0.29) is 10.8 Å². The van der Waals surface area contributed by atoms with Gasteiger partial charge in [0.15, 0.2) is 0 Å². The smallest absolute Gasteiger partial charge is 0.145 e. The lowest BCUT2D eigenvalue weighted by molar-refractivity contribution is 0.483. The molecule has 1 aliphatic heterocycles. The fourth-order valence-electron chi connectivity index (χ4n) is 10.5. The molecule has 0 bridgehead atoms. The lowest BCUT2D eigenvalue weighted by Gasteiger charge is -2.33. The maximum Gasteiger partial charge on any atom is 0.145 e. The Balaban J connectivity index is 1.00. The van der Waals surface area contributed by atoms with Crippen LogP contribution in [0.3, 0.4) is 0 Å². The maximum absolute atomic E-state index is 7.00. The van der Waals surface area contributed by atoms with Crippen LogP contribution < -0.4 is 14.5 Å².